The van der Waals surface area contributed by atoms with E-state index in [2.05, 4.69) is 27.1 Å². The van der Waals surface area contributed by atoms with Crippen LogP contribution in [-0.4, -0.2) is 17.0 Å². The van der Waals surface area contributed by atoms with Crippen molar-refractivity contribution in [2.45, 2.75) is 0 Å². The maximum absolute atomic E-state index is 5.48. The van der Waals surface area contributed by atoms with Gasteiger partial charge in [-0.05, 0) is 42.3 Å². The molecule has 3 rings (SSSR count). The van der Waals surface area contributed by atoms with E-state index in [0.717, 1.165) is 11.3 Å². The molecule has 4 nitrogen and oxygen atoms in total. The molecule has 92 valence electrons. The third-order valence-corrected chi connectivity index (χ3v) is 2.65. The Hall–Kier alpha value is -2.80. The van der Waals surface area contributed by atoms with Crippen LogP contribution in [-0.2, 0) is 0 Å². The number of anilines is 1. The van der Waals surface area contributed by atoms with E-state index in [1.165, 1.54) is 0 Å². The lowest BCUT2D eigenvalue weighted by Crippen LogP contribution is -1.86. The first-order valence-electron chi connectivity index (χ1n) is 5.86. The van der Waals surface area contributed by atoms with Crippen LogP contribution in [0.1, 0.15) is 11.5 Å². The highest BCUT2D eigenvalue weighted by Gasteiger charge is 2.02. The van der Waals surface area contributed by atoms with E-state index in [1.807, 2.05) is 37.4 Å². The van der Waals surface area contributed by atoms with Crippen molar-refractivity contribution in [2.24, 2.45) is 0 Å². The van der Waals surface area contributed by atoms with E-state index in [1.54, 1.807) is 12.3 Å². The van der Waals surface area contributed by atoms with E-state index >= 15 is 0 Å². The number of nitrogens with zero attached hydrogens (tertiary/aromatic N) is 2. The van der Waals surface area contributed by atoms with E-state index < -0.39 is 0 Å². The average Bonchev–Trinajstić information content (AvgIpc) is 2.88. The highest BCUT2D eigenvalue weighted by atomic mass is 16.3. The molecule has 3 aromatic rings. The zero-order valence-corrected chi connectivity index (χ0v) is 10.3. The molecule has 0 bridgehead atoms. The number of hydrogen-bond acceptors (Lipinski definition) is 4. The van der Waals surface area contributed by atoms with Crippen LogP contribution in [0, 0.1) is 11.8 Å². The number of aromatic nitrogens is 2. The fraction of sp³-hybridized carbons (Fsp3) is 0.0667. The second-order valence-electron chi connectivity index (χ2n) is 3.92. The third kappa shape index (κ3) is 2.40. The molecule has 1 N–H and O–H groups in total. The SMILES string of the molecule is CNc1ccc(C#Cc2nc3ncccc3o2)cc1. The topological polar surface area (TPSA) is 51.0 Å². The van der Waals surface area contributed by atoms with Crippen molar-refractivity contribution in [3.8, 4) is 11.8 Å². The van der Waals surface area contributed by atoms with Gasteiger partial charge in [0.1, 0.15) is 0 Å². The largest absolute Gasteiger partial charge is 0.428 e. The minimum atomic E-state index is 0.381. The summed E-state index contributed by atoms with van der Waals surface area (Å²) >= 11 is 0. The maximum atomic E-state index is 5.48. The van der Waals surface area contributed by atoms with Crippen molar-refractivity contribution < 1.29 is 4.42 Å². The number of rotatable bonds is 1. The molecule has 0 aliphatic rings. The van der Waals surface area contributed by atoms with Gasteiger partial charge < -0.3 is 9.73 Å². The van der Waals surface area contributed by atoms with E-state index in [4.69, 9.17) is 4.42 Å². The van der Waals surface area contributed by atoms with Crippen molar-refractivity contribution in [3.05, 3.63) is 54.0 Å². The number of oxazole rings is 1. The summed E-state index contributed by atoms with van der Waals surface area (Å²) < 4.78 is 5.48. The molecule has 19 heavy (non-hydrogen) atoms. The van der Waals surface area contributed by atoms with Gasteiger partial charge in [-0.1, -0.05) is 5.92 Å². The van der Waals surface area contributed by atoms with Gasteiger partial charge in [0.15, 0.2) is 11.2 Å². The molecule has 0 fully saturated rings. The predicted octanol–water partition coefficient (Wildman–Crippen LogP) is 2.66. The fourth-order valence-electron chi connectivity index (χ4n) is 1.67. The Labute approximate surface area is 110 Å². The van der Waals surface area contributed by atoms with Crippen LogP contribution in [0.3, 0.4) is 0 Å². The number of benzene rings is 1. The standard InChI is InChI=1S/C15H11N3O/c1-16-12-7-4-11(5-8-12)6-9-14-18-15-13(19-14)3-2-10-17-15/h2-5,7-8,10,16H,1H3. The molecule has 2 heterocycles. The quantitative estimate of drug-likeness (QED) is 0.674. The Kier molecular flexibility index (Phi) is 2.87. The summed E-state index contributed by atoms with van der Waals surface area (Å²) in [4.78, 5) is 8.30. The molecule has 0 amide bonds. The molecule has 2 aromatic heterocycles. The molecule has 0 aliphatic heterocycles. The Morgan fingerprint density at radius 2 is 1.95 bits per heavy atom. The lowest BCUT2D eigenvalue weighted by atomic mass is 10.2. The van der Waals surface area contributed by atoms with E-state index in [9.17, 15) is 0 Å². The van der Waals surface area contributed by atoms with Crippen molar-refractivity contribution in [1.82, 2.24) is 9.97 Å². The van der Waals surface area contributed by atoms with Crippen LogP contribution >= 0.6 is 0 Å². The first-order chi connectivity index (χ1) is 9.35. The van der Waals surface area contributed by atoms with Crippen LogP contribution < -0.4 is 5.32 Å². The molecular weight excluding hydrogens is 238 g/mol. The molecule has 0 aliphatic carbocycles. The van der Waals surface area contributed by atoms with Gasteiger partial charge in [-0.3, -0.25) is 0 Å². The normalized spacial score (nSPS) is 9.95. The Morgan fingerprint density at radius 1 is 1.11 bits per heavy atom. The van der Waals surface area contributed by atoms with Crippen molar-refractivity contribution >= 4 is 16.9 Å². The highest BCUT2D eigenvalue weighted by Crippen LogP contribution is 2.11. The molecular formula is C15H11N3O. The van der Waals surface area contributed by atoms with Gasteiger partial charge in [-0.25, -0.2) is 4.98 Å². The predicted molar refractivity (Wildman–Crippen MR) is 73.8 cm³/mol. The Bertz CT molecular complexity index is 730. The van der Waals surface area contributed by atoms with Crippen LogP contribution in [0.2, 0.25) is 0 Å². The maximum Gasteiger partial charge on any atom is 0.276 e. The number of hydrogen-bond donors (Lipinski definition) is 1. The summed E-state index contributed by atoms with van der Waals surface area (Å²) in [5.74, 6) is 6.29. The fourth-order valence-corrected chi connectivity index (χ4v) is 1.67. The third-order valence-electron chi connectivity index (χ3n) is 2.65. The minimum Gasteiger partial charge on any atom is -0.428 e. The van der Waals surface area contributed by atoms with Gasteiger partial charge >= 0.3 is 0 Å². The van der Waals surface area contributed by atoms with E-state index in [-0.39, 0.29) is 0 Å². The van der Waals surface area contributed by atoms with Crippen LogP contribution in [0.4, 0.5) is 5.69 Å². The molecule has 0 atom stereocenters. The zero-order valence-electron chi connectivity index (χ0n) is 10.3. The molecule has 4 heteroatoms. The summed E-state index contributed by atoms with van der Waals surface area (Å²) in [6.07, 6.45) is 1.68. The van der Waals surface area contributed by atoms with Gasteiger partial charge in [0, 0.05) is 24.5 Å². The van der Waals surface area contributed by atoms with E-state index in [0.29, 0.717) is 17.1 Å². The van der Waals surface area contributed by atoms with Gasteiger partial charge in [-0.15, -0.1) is 0 Å². The lowest BCUT2D eigenvalue weighted by Gasteiger charge is -1.97. The number of fused-ring (bicyclic) bond motifs is 1. The number of nitrogens with one attached hydrogen (secondary N) is 1. The lowest BCUT2D eigenvalue weighted by molar-refractivity contribution is 0.586. The molecule has 0 radical (unpaired) electrons. The minimum absolute atomic E-state index is 0.381. The highest BCUT2D eigenvalue weighted by molar-refractivity contribution is 5.67. The first-order valence-corrected chi connectivity index (χ1v) is 5.86. The summed E-state index contributed by atoms with van der Waals surface area (Å²) in [6.45, 7) is 0. The second-order valence-corrected chi connectivity index (χ2v) is 3.92. The van der Waals surface area contributed by atoms with Gasteiger partial charge in [0.2, 0.25) is 0 Å². The van der Waals surface area contributed by atoms with Crippen molar-refractivity contribution in [3.63, 3.8) is 0 Å². The number of pyridine rings is 1. The van der Waals surface area contributed by atoms with Crippen molar-refractivity contribution in [2.75, 3.05) is 12.4 Å². The molecule has 0 saturated carbocycles. The molecule has 0 spiro atoms. The monoisotopic (exact) mass is 249 g/mol. The van der Waals surface area contributed by atoms with Crippen LogP contribution in [0.25, 0.3) is 11.2 Å². The van der Waals surface area contributed by atoms with Crippen molar-refractivity contribution in [1.29, 1.82) is 0 Å². The van der Waals surface area contributed by atoms with Gasteiger partial charge in [0.05, 0.1) is 0 Å². The van der Waals surface area contributed by atoms with Crippen LogP contribution in [0.5, 0.6) is 0 Å². The van der Waals surface area contributed by atoms with Crippen LogP contribution in [0.15, 0.2) is 47.0 Å². The molecule has 1 aromatic carbocycles. The Balaban J connectivity index is 1.89. The smallest absolute Gasteiger partial charge is 0.276 e. The summed E-state index contributed by atoms with van der Waals surface area (Å²) in [7, 11) is 1.88. The van der Waals surface area contributed by atoms with Gasteiger partial charge in [0.25, 0.3) is 5.89 Å². The molecule has 0 unspecified atom stereocenters. The summed E-state index contributed by atoms with van der Waals surface area (Å²) in [5, 5.41) is 3.06. The second kappa shape index (κ2) is 4.83. The summed E-state index contributed by atoms with van der Waals surface area (Å²) in [6, 6.07) is 11.5. The molecule has 0 saturated heterocycles. The van der Waals surface area contributed by atoms with Gasteiger partial charge in [-0.2, -0.15) is 4.98 Å². The summed E-state index contributed by atoms with van der Waals surface area (Å²) in [5.41, 5.74) is 3.19. The Morgan fingerprint density at radius 3 is 2.68 bits per heavy atom. The zero-order chi connectivity index (χ0) is 13.1. The first kappa shape index (κ1) is 11.3. The average molecular weight is 249 g/mol.